The molecule has 0 aliphatic heterocycles. The Balaban J connectivity index is -0.000000114. The maximum absolute atomic E-state index is 8.56. The number of hydrogen-bond donors (Lipinski definition) is 3. The fourth-order valence-electron chi connectivity index (χ4n) is 0.224. The van der Waals surface area contributed by atoms with Gasteiger partial charge in [0.15, 0.2) is 0 Å². The molecule has 11 heavy (non-hydrogen) atoms. The number of aliphatic hydroxyl groups is 2. The number of rotatable bonds is 3. The third-order valence-corrected chi connectivity index (χ3v) is 0.566. The molecular formula is C4H11NaO5S. The van der Waals surface area contributed by atoms with Gasteiger partial charge in [-0.1, -0.05) is 0 Å². The van der Waals surface area contributed by atoms with Crippen molar-refractivity contribution < 1.29 is 53.1 Å². The van der Waals surface area contributed by atoms with Gasteiger partial charge in [0, 0.05) is 13.2 Å². The molecule has 0 saturated heterocycles. The molecule has 0 heterocycles. The smallest absolute Gasteiger partial charge is 0.750 e. The monoisotopic (exact) mass is 194 g/mol. The first-order valence-electron chi connectivity index (χ1n) is 2.65. The van der Waals surface area contributed by atoms with Crippen LogP contribution in [0.5, 0.6) is 0 Å². The summed E-state index contributed by atoms with van der Waals surface area (Å²) in [5.41, 5.74) is 0. The fourth-order valence-corrected chi connectivity index (χ4v) is 0.224. The Kier molecular flexibility index (Phi) is 28.0. The van der Waals surface area contributed by atoms with Gasteiger partial charge in [-0.15, -0.1) is 0 Å². The van der Waals surface area contributed by atoms with Crippen molar-refractivity contribution in [2.24, 2.45) is 0 Å². The van der Waals surface area contributed by atoms with E-state index < -0.39 is 11.4 Å². The minimum Gasteiger partial charge on any atom is -0.750 e. The van der Waals surface area contributed by atoms with Crippen LogP contribution in [0.4, 0.5) is 0 Å². The van der Waals surface area contributed by atoms with Gasteiger partial charge in [0.25, 0.3) is 0 Å². The summed E-state index contributed by atoms with van der Waals surface area (Å²) < 4.78 is 24.1. The van der Waals surface area contributed by atoms with Crippen LogP contribution in [0.3, 0.4) is 0 Å². The molecule has 0 aromatic carbocycles. The van der Waals surface area contributed by atoms with Crippen molar-refractivity contribution in [1.82, 2.24) is 0 Å². The van der Waals surface area contributed by atoms with Gasteiger partial charge in [0.05, 0.1) is 11.4 Å². The van der Waals surface area contributed by atoms with E-state index in [1.807, 2.05) is 0 Å². The number of aliphatic hydroxyl groups excluding tert-OH is 2. The Morgan fingerprint density at radius 3 is 1.45 bits per heavy atom. The molecule has 1 unspecified atom stereocenters. The van der Waals surface area contributed by atoms with E-state index >= 15 is 0 Å². The minimum absolute atomic E-state index is 0. The van der Waals surface area contributed by atoms with Gasteiger partial charge in [-0.3, -0.25) is 0 Å². The summed E-state index contributed by atoms with van der Waals surface area (Å²) in [5.74, 6) is 0. The first-order valence-corrected chi connectivity index (χ1v) is 3.68. The zero-order chi connectivity index (χ0) is 8.41. The van der Waals surface area contributed by atoms with Gasteiger partial charge in [-0.05, 0) is 12.8 Å². The normalized spacial score (nSPS) is 10.5. The third-order valence-electron chi connectivity index (χ3n) is 0.566. The largest absolute Gasteiger partial charge is 1.00 e. The van der Waals surface area contributed by atoms with E-state index in [4.69, 9.17) is 23.5 Å². The van der Waals surface area contributed by atoms with E-state index in [1.54, 1.807) is 0 Å². The quantitative estimate of drug-likeness (QED) is 0.242. The summed E-state index contributed by atoms with van der Waals surface area (Å²) in [4.78, 5) is 0. The third kappa shape index (κ3) is 55.8. The molecule has 0 rings (SSSR count). The number of unbranched alkanes of at least 4 members (excludes halogenated alkanes) is 1. The second-order valence-electron chi connectivity index (χ2n) is 1.37. The van der Waals surface area contributed by atoms with E-state index in [9.17, 15) is 0 Å². The average molecular weight is 194 g/mol. The molecule has 0 aromatic rings. The van der Waals surface area contributed by atoms with Crippen LogP contribution in [-0.2, 0) is 11.4 Å². The van der Waals surface area contributed by atoms with Crippen molar-refractivity contribution in [2.45, 2.75) is 12.8 Å². The Hall–Kier alpha value is 0.990. The second kappa shape index (κ2) is 17.2. The molecule has 0 bridgehead atoms. The summed E-state index contributed by atoms with van der Waals surface area (Å²) in [6.07, 6.45) is 1.44. The molecule has 1 atom stereocenters. The molecule has 0 fully saturated rings. The molecule has 0 spiro atoms. The molecule has 0 saturated carbocycles. The van der Waals surface area contributed by atoms with Gasteiger partial charge in [0.1, 0.15) is 0 Å². The molecular weight excluding hydrogens is 183 g/mol. The summed E-state index contributed by atoms with van der Waals surface area (Å²) in [6.45, 7) is 0.390. The molecule has 0 aliphatic rings. The molecule has 0 aromatic heterocycles. The maximum atomic E-state index is 8.56. The van der Waals surface area contributed by atoms with Crippen LogP contribution in [0.25, 0.3) is 0 Å². The molecule has 3 N–H and O–H groups in total. The standard InChI is InChI=1S/C4H10O2.Na.H2O3S/c5-3-1-2-4-6;;1-4(2)3/h5-6H,1-4H2;;(H2,1,2,3)/q;+1;/p-1. The minimum atomic E-state index is -2.86. The first-order chi connectivity index (χ1) is 4.65. The number of hydrogen-bond acceptors (Lipinski definition) is 4. The van der Waals surface area contributed by atoms with Crippen molar-refractivity contribution in [3.05, 3.63) is 0 Å². The van der Waals surface area contributed by atoms with E-state index in [2.05, 4.69) is 0 Å². The van der Waals surface area contributed by atoms with E-state index in [0.717, 1.165) is 12.8 Å². The van der Waals surface area contributed by atoms with Crippen LogP contribution >= 0.6 is 0 Å². The molecule has 0 amide bonds. The van der Waals surface area contributed by atoms with Crippen LogP contribution in [-0.4, -0.2) is 36.7 Å². The van der Waals surface area contributed by atoms with Gasteiger partial charge in [0.2, 0.25) is 0 Å². The van der Waals surface area contributed by atoms with Crippen molar-refractivity contribution in [3.8, 4) is 0 Å². The van der Waals surface area contributed by atoms with Gasteiger partial charge in [-0.25, -0.2) is 4.21 Å². The molecule has 0 radical (unpaired) electrons. The summed E-state index contributed by atoms with van der Waals surface area (Å²) >= 11 is -2.86. The summed E-state index contributed by atoms with van der Waals surface area (Å²) in [5, 5.41) is 16.2. The van der Waals surface area contributed by atoms with Crippen LogP contribution < -0.4 is 29.6 Å². The zero-order valence-electron chi connectivity index (χ0n) is 6.39. The SMILES string of the molecule is O=S([O-])O.OCCCCO.[Na+]. The summed E-state index contributed by atoms with van der Waals surface area (Å²) in [7, 11) is 0. The van der Waals surface area contributed by atoms with Crippen LogP contribution in [0.1, 0.15) is 12.8 Å². The molecule has 5 nitrogen and oxygen atoms in total. The van der Waals surface area contributed by atoms with Gasteiger partial charge < -0.3 is 19.3 Å². The Morgan fingerprint density at radius 2 is 1.36 bits per heavy atom. The summed E-state index contributed by atoms with van der Waals surface area (Å²) in [6, 6.07) is 0. The fraction of sp³-hybridized carbons (Fsp3) is 1.00. The van der Waals surface area contributed by atoms with E-state index in [1.165, 1.54) is 0 Å². The predicted molar refractivity (Wildman–Crippen MR) is 35.0 cm³/mol. The molecule has 64 valence electrons. The average Bonchev–Trinajstić information content (AvgIpc) is 1.82. The Bertz CT molecular complexity index is 72.9. The topological polar surface area (TPSA) is 101 Å². The van der Waals surface area contributed by atoms with Crippen molar-refractivity contribution in [2.75, 3.05) is 13.2 Å². The van der Waals surface area contributed by atoms with Crippen molar-refractivity contribution in [3.63, 3.8) is 0 Å². The Morgan fingerprint density at radius 1 is 1.18 bits per heavy atom. The Labute approximate surface area is 90.2 Å². The maximum Gasteiger partial charge on any atom is 1.00 e. The predicted octanol–water partition coefficient (Wildman–Crippen LogP) is -3.91. The van der Waals surface area contributed by atoms with Crippen LogP contribution in [0.2, 0.25) is 0 Å². The van der Waals surface area contributed by atoms with E-state index in [-0.39, 0.29) is 42.8 Å². The van der Waals surface area contributed by atoms with E-state index in [0.29, 0.717) is 0 Å². The van der Waals surface area contributed by atoms with Crippen LogP contribution in [0, 0.1) is 0 Å². The van der Waals surface area contributed by atoms with Crippen LogP contribution in [0.15, 0.2) is 0 Å². The van der Waals surface area contributed by atoms with Gasteiger partial charge in [-0.2, -0.15) is 0 Å². The van der Waals surface area contributed by atoms with Gasteiger partial charge >= 0.3 is 29.6 Å². The molecule has 7 heteroatoms. The zero-order valence-corrected chi connectivity index (χ0v) is 9.21. The second-order valence-corrected chi connectivity index (χ2v) is 1.81. The van der Waals surface area contributed by atoms with Crippen molar-refractivity contribution >= 4 is 11.4 Å². The molecule has 0 aliphatic carbocycles. The first kappa shape index (κ1) is 17.9. The van der Waals surface area contributed by atoms with Crippen molar-refractivity contribution in [1.29, 1.82) is 0 Å².